The molecule has 0 radical (unpaired) electrons. The zero-order valence-electron chi connectivity index (χ0n) is 33.3. The van der Waals surface area contributed by atoms with Crippen molar-refractivity contribution in [2.45, 2.75) is 90.5 Å². The van der Waals surface area contributed by atoms with Gasteiger partial charge in [0.25, 0.3) is 0 Å². The third-order valence-corrected chi connectivity index (χ3v) is 5.03. The van der Waals surface area contributed by atoms with Gasteiger partial charge in [0.15, 0.2) is 0 Å². The van der Waals surface area contributed by atoms with E-state index in [-0.39, 0.29) is 22.6 Å². The van der Waals surface area contributed by atoms with E-state index < -0.39 is 99.6 Å². The van der Waals surface area contributed by atoms with Crippen LogP contribution >= 0.6 is 0 Å². The van der Waals surface area contributed by atoms with Gasteiger partial charge >= 0.3 is 6.16 Å². The monoisotopic (exact) mass is 535 g/mol. The molecule has 3 N–H and O–H groups in total. The molecule has 2 aromatic rings. The van der Waals surface area contributed by atoms with Gasteiger partial charge in [0.05, 0.1) is 15.4 Å². The Labute approximate surface area is 235 Å². The smallest absolute Gasteiger partial charge is 0.491 e. The van der Waals surface area contributed by atoms with Crippen LogP contribution in [0, 0.1) is 6.85 Å². The van der Waals surface area contributed by atoms with Crippen molar-refractivity contribution in [2.75, 3.05) is 13.2 Å². The summed E-state index contributed by atoms with van der Waals surface area (Å²) in [6.07, 6.45) is -15.7. The summed E-state index contributed by atoms with van der Waals surface area (Å²) >= 11 is 0. The number of benzene rings is 1. The highest BCUT2D eigenvalue weighted by atomic mass is 16.7. The minimum atomic E-state index is -3.87. The lowest BCUT2D eigenvalue weighted by atomic mass is 9.99. The summed E-state index contributed by atoms with van der Waals surface area (Å²) in [6.45, 7) is -7.79. The highest BCUT2D eigenvalue weighted by Gasteiger charge is 2.46. The zero-order valence-corrected chi connectivity index (χ0v) is 20.3. The predicted octanol–water partition coefficient (Wildman–Crippen LogP) is 2.51. The number of rotatable bonds is 10. The average molecular weight is 536 g/mol. The fourth-order valence-electron chi connectivity index (χ4n) is 3.31. The summed E-state index contributed by atoms with van der Waals surface area (Å²) in [7, 11) is 0. The van der Waals surface area contributed by atoms with E-state index >= 15 is 0 Å². The van der Waals surface area contributed by atoms with Crippen LogP contribution in [0.1, 0.15) is 75.1 Å². The number of hydrogen-bond donors (Lipinski definition) is 3. The Morgan fingerprint density at radius 3 is 2.54 bits per heavy atom. The lowest BCUT2D eigenvalue weighted by molar-refractivity contribution is -0.278. The van der Waals surface area contributed by atoms with Crippen LogP contribution in [0.3, 0.4) is 0 Å². The van der Waals surface area contributed by atoms with Gasteiger partial charge in [-0.1, -0.05) is 12.1 Å². The number of ether oxygens (including phenoxy) is 5. The quantitative estimate of drug-likeness (QED) is 0.389. The van der Waals surface area contributed by atoms with Crippen LogP contribution in [0.4, 0.5) is 4.79 Å². The van der Waals surface area contributed by atoms with E-state index in [9.17, 15) is 20.1 Å². The Balaban J connectivity index is 2.31. The zero-order chi connectivity index (χ0) is 38.4. The number of aliphatic hydroxyl groups excluding tert-OH is 3. The van der Waals surface area contributed by atoms with Gasteiger partial charge in [-0.3, -0.25) is 4.68 Å². The Kier molecular flexibility index (Phi) is 5.28. The maximum absolute atomic E-state index is 11.7. The first kappa shape index (κ1) is 15.5. The third kappa shape index (κ3) is 7.13. The van der Waals surface area contributed by atoms with Crippen molar-refractivity contribution in [1.82, 2.24) is 9.78 Å². The van der Waals surface area contributed by atoms with E-state index in [1.807, 2.05) is 0 Å². The number of hydrogen-bond acceptors (Lipinski definition) is 10. The lowest BCUT2D eigenvalue weighted by Crippen LogP contribution is -2.60. The second-order valence-corrected chi connectivity index (χ2v) is 8.08. The fourth-order valence-corrected chi connectivity index (χ4v) is 3.31. The number of aromatic nitrogens is 2. The highest BCUT2D eigenvalue weighted by molar-refractivity contribution is 5.59. The SMILES string of the molecule is [2H]C(C)(C)Oc1ccc(C([2H])([2H])c2c(O[C@@H]3O[C@H](COC(=O)OCC)[C@@H](O)[C@H](O)[C@H]3O)nn(C([2H])(C([2H])([2H])[2H])C([2H])([2H])[2H])c2C([2H])([2H])[2H])cc1. The van der Waals surface area contributed by atoms with Crippen molar-refractivity contribution in [3.05, 3.63) is 41.1 Å². The average Bonchev–Trinajstić information content (AvgIpc) is 3.35. The van der Waals surface area contributed by atoms with E-state index in [0.29, 0.717) is 0 Å². The Morgan fingerprint density at radius 2 is 1.92 bits per heavy atom. The van der Waals surface area contributed by atoms with Crippen LogP contribution in [0.2, 0.25) is 0 Å². The van der Waals surface area contributed by atoms with Crippen LogP contribution in [-0.2, 0) is 20.6 Å². The third-order valence-electron chi connectivity index (χ3n) is 5.03. The molecule has 11 heteroatoms. The molecule has 3 rings (SSSR count). The van der Waals surface area contributed by atoms with Crippen LogP contribution in [0.15, 0.2) is 24.3 Å². The van der Waals surface area contributed by atoms with E-state index in [0.717, 1.165) is 12.1 Å². The summed E-state index contributed by atoms with van der Waals surface area (Å²) in [4.78, 5) is 11.7. The number of carbonyl (C=O) groups is 1. The second kappa shape index (κ2) is 12.6. The summed E-state index contributed by atoms with van der Waals surface area (Å²) in [5.74, 6) is -1.07. The molecule has 0 bridgehead atoms. The maximum Gasteiger partial charge on any atom is 0.508 e. The summed E-state index contributed by atoms with van der Waals surface area (Å²) in [5, 5.41) is 35.5. The highest BCUT2D eigenvalue weighted by Crippen LogP contribution is 2.31. The van der Waals surface area contributed by atoms with Gasteiger partial charge in [-0.2, -0.15) is 0 Å². The minimum Gasteiger partial charge on any atom is -0.491 e. The van der Waals surface area contributed by atoms with Crippen LogP contribution in [0.25, 0.3) is 0 Å². The molecule has 0 unspecified atom stereocenters. The molecule has 206 valence electrons. The van der Waals surface area contributed by atoms with E-state index in [2.05, 4.69) is 9.84 Å². The maximum atomic E-state index is 11.7. The molecule has 5 atom stereocenters. The normalized spacial score (nSPS) is 31.0. The molecule has 1 saturated heterocycles. The fraction of sp³-hybridized carbons (Fsp3) is 0.615. The standard InChI is InChI=1S/C26H38N2O9/c1-7-33-26(32)34-13-20-21(29)22(30)23(31)25(36-20)37-24-19(16(6)28(27-24)14(2)3)12-17-8-10-18(11-9-17)35-15(4)5/h8-11,14-15,20-23,25,29-31H,7,12-13H2,1-6H3/t20-,21-,22+,23-,25+/m1/s1/i2D3,3D3,6D3,12D2,14D,15D. The van der Waals surface area contributed by atoms with Gasteiger partial charge in [-0.25, -0.2) is 4.79 Å². The van der Waals surface area contributed by atoms with Crippen molar-refractivity contribution >= 4 is 6.16 Å². The molecule has 0 saturated carbocycles. The predicted molar refractivity (Wildman–Crippen MR) is 133 cm³/mol. The van der Waals surface area contributed by atoms with Crippen molar-refractivity contribution in [2.24, 2.45) is 0 Å². The first-order valence-corrected chi connectivity index (χ1v) is 11.2. The first-order chi connectivity index (χ1) is 22.6. The Morgan fingerprint density at radius 1 is 1.19 bits per heavy atom. The van der Waals surface area contributed by atoms with Gasteiger partial charge in [-0.05, 0) is 59.0 Å². The van der Waals surface area contributed by atoms with Crippen molar-refractivity contribution in [3.8, 4) is 11.6 Å². The van der Waals surface area contributed by atoms with Gasteiger partial charge in [0.2, 0.25) is 12.2 Å². The number of carbonyl (C=O) groups excluding carboxylic acids is 1. The van der Waals surface area contributed by atoms with Gasteiger partial charge in [0.1, 0.15) is 36.8 Å². The van der Waals surface area contributed by atoms with Gasteiger partial charge in [-0.15, -0.1) is 5.10 Å². The molecule has 11 nitrogen and oxygen atoms in total. The molecule has 1 fully saturated rings. The minimum absolute atomic E-state index is 0.0822. The molecule has 0 amide bonds. The van der Waals surface area contributed by atoms with E-state index in [1.165, 1.54) is 32.9 Å². The van der Waals surface area contributed by atoms with Crippen molar-refractivity contribution in [3.63, 3.8) is 0 Å². The molecule has 0 aliphatic carbocycles. The van der Waals surface area contributed by atoms with Crippen molar-refractivity contribution < 1.29 is 61.6 Å². The van der Waals surface area contributed by atoms with Crippen LogP contribution < -0.4 is 9.47 Å². The first-order valence-electron chi connectivity index (χ1n) is 17.7. The van der Waals surface area contributed by atoms with Crippen LogP contribution in [-0.4, -0.2) is 81.3 Å². The molecular weight excluding hydrogens is 484 g/mol. The number of nitrogens with zero attached hydrogens (tertiary/aromatic N) is 2. The van der Waals surface area contributed by atoms with Crippen LogP contribution in [0.5, 0.6) is 11.6 Å². The summed E-state index contributed by atoms with van der Waals surface area (Å²) in [6, 6.07) is 0.862. The Hall–Kier alpha value is -2.86. The Bertz CT molecular complexity index is 1470. The molecule has 1 aliphatic heterocycles. The van der Waals surface area contributed by atoms with Gasteiger partial charge < -0.3 is 39.0 Å². The number of aliphatic hydroxyl groups is 3. The van der Waals surface area contributed by atoms with E-state index in [4.69, 9.17) is 36.8 Å². The second-order valence-electron chi connectivity index (χ2n) is 8.08. The molecule has 2 heterocycles. The molecule has 0 spiro atoms. The van der Waals surface area contributed by atoms with Gasteiger partial charge in [0, 0.05) is 38.7 Å². The molecular formula is C26H38N2O9. The molecule has 1 aromatic carbocycles. The van der Waals surface area contributed by atoms with Crippen molar-refractivity contribution in [1.29, 1.82) is 0 Å². The largest absolute Gasteiger partial charge is 0.508 e. The lowest BCUT2D eigenvalue weighted by Gasteiger charge is -2.39. The molecule has 1 aliphatic rings. The summed E-state index contributed by atoms with van der Waals surface area (Å²) < 4.78 is 133. The molecule has 37 heavy (non-hydrogen) atoms. The molecule has 1 aromatic heterocycles. The topological polar surface area (TPSA) is 142 Å². The summed E-state index contributed by atoms with van der Waals surface area (Å²) in [5.41, 5.74) is -2.82. The van der Waals surface area contributed by atoms with E-state index in [1.54, 1.807) is 0 Å².